The summed E-state index contributed by atoms with van der Waals surface area (Å²) in [6.07, 6.45) is 4.77. The minimum atomic E-state index is -0.768. The van der Waals surface area contributed by atoms with Gasteiger partial charge >= 0.3 is 6.03 Å². The molecule has 2 fully saturated rings. The largest absolute Gasteiger partial charge is 0.326 e. The number of hydrogen-bond donors (Lipinski definition) is 1. The van der Waals surface area contributed by atoms with Crippen LogP contribution in [-0.2, 0) is 11.2 Å². The number of likely N-dealkylation sites (tertiary alicyclic amines) is 1. The number of carbonyl (C=O) groups excluding carboxylic acids is 2. The minimum absolute atomic E-state index is 0.161. The molecule has 3 amide bonds. The summed E-state index contributed by atoms with van der Waals surface area (Å²) < 4.78 is 0. The van der Waals surface area contributed by atoms with Crippen LogP contribution < -0.4 is 5.32 Å². The lowest BCUT2D eigenvalue weighted by atomic mass is 9.87. The van der Waals surface area contributed by atoms with E-state index in [0.717, 1.165) is 18.7 Å². The van der Waals surface area contributed by atoms with Gasteiger partial charge in [-0.1, -0.05) is 43.7 Å². The Labute approximate surface area is 137 Å². The average Bonchev–Trinajstić information content (AvgIpc) is 2.81. The second kappa shape index (κ2) is 6.71. The van der Waals surface area contributed by atoms with Crippen molar-refractivity contribution in [2.24, 2.45) is 0 Å². The lowest BCUT2D eigenvalue weighted by Gasteiger charge is -2.39. The molecule has 3 rings (SSSR count). The van der Waals surface area contributed by atoms with Gasteiger partial charge in [-0.25, -0.2) is 4.79 Å². The quantitative estimate of drug-likeness (QED) is 0.849. The third-order valence-corrected chi connectivity index (χ3v) is 5.12. The standard InChI is InChI=1S/C18H25N3O2/c1-2-18(13-15-9-5-3-6-10-15)16(22)19-17(23)21(18)14-20-11-7-4-8-12-20/h3,5-6,9-10H,2,4,7-8,11-14H2,1H3,(H,19,22,23). The molecule has 0 radical (unpaired) electrons. The molecular formula is C18H25N3O2. The molecule has 0 saturated carbocycles. The number of amides is 3. The van der Waals surface area contributed by atoms with E-state index in [1.54, 1.807) is 4.90 Å². The lowest BCUT2D eigenvalue weighted by molar-refractivity contribution is -0.127. The number of imide groups is 1. The van der Waals surface area contributed by atoms with Crippen LogP contribution in [0, 0.1) is 0 Å². The summed E-state index contributed by atoms with van der Waals surface area (Å²) in [4.78, 5) is 29.0. The van der Waals surface area contributed by atoms with Crippen molar-refractivity contribution in [3.63, 3.8) is 0 Å². The fourth-order valence-corrected chi connectivity index (χ4v) is 3.68. The molecule has 5 heteroatoms. The second-order valence-electron chi connectivity index (χ2n) is 6.55. The molecule has 23 heavy (non-hydrogen) atoms. The Morgan fingerprint density at radius 2 is 1.78 bits per heavy atom. The van der Waals surface area contributed by atoms with E-state index < -0.39 is 5.54 Å². The van der Waals surface area contributed by atoms with Gasteiger partial charge in [0, 0.05) is 6.42 Å². The van der Waals surface area contributed by atoms with Gasteiger partial charge in [0.05, 0.1) is 6.67 Å². The molecule has 0 aromatic heterocycles. The van der Waals surface area contributed by atoms with Gasteiger partial charge < -0.3 is 0 Å². The summed E-state index contributed by atoms with van der Waals surface area (Å²) >= 11 is 0. The molecule has 1 aromatic carbocycles. The Kier molecular flexibility index (Phi) is 4.66. The number of urea groups is 1. The number of benzene rings is 1. The molecule has 0 aliphatic carbocycles. The molecule has 2 aliphatic rings. The van der Waals surface area contributed by atoms with Gasteiger partial charge in [0.25, 0.3) is 5.91 Å². The van der Waals surface area contributed by atoms with Crippen LogP contribution in [0.5, 0.6) is 0 Å². The van der Waals surface area contributed by atoms with Crippen molar-refractivity contribution in [3.05, 3.63) is 35.9 Å². The molecule has 1 unspecified atom stereocenters. The lowest BCUT2D eigenvalue weighted by Crippen LogP contribution is -2.55. The molecule has 0 spiro atoms. The zero-order valence-corrected chi connectivity index (χ0v) is 13.8. The first-order valence-corrected chi connectivity index (χ1v) is 8.55. The number of nitrogens with zero attached hydrogens (tertiary/aromatic N) is 2. The molecule has 1 N–H and O–H groups in total. The summed E-state index contributed by atoms with van der Waals surface area (Å²) in [5, 5.41) is 2.54. The highest BCUT2D eigenvalue weighted by molar-refractivity contribution is 6.07. The van der Waals surface area contributed by atoms with Gasteiger partial charge in [0.1, 0.15) is 5.54 Å². The third kappa shape index (κ3) is 3.11. The predicted molar refractivity (Wildman–Crippen MR) is 88.8 cm³/mol. The highest BCUT2D eigenvalue weighted by Crippen LogP contribution is 2.30. The summed E-state index contributed by atoms with van der Waals surface area (Å²) in [5.41, 5.74) is 0.318. The number of carbonyl (C=O) groups is 2. The maximum atomic E-state index is 12.6. The average molecular weight is 315 g/mol. The molecule has 2 heterocycles. The number of nitrogens with one attached hydrogen (secondary N) is 1. The van der Waals surface area contributed by atoms with E-state index in [-0.39, 0.29) is 11.9 Å². The smallest absolute Gasteiger partial charge is 0.296 e. The summed E-state index contributed by atoms with van der Waals surface area (Å²) in [7, 11) is 0. The van der Waals surface area contributed by atoms with Crippen LogP contribution in [0.2, 0.25) is 0 Å². The summed E-state index contributed by atoms with van der Waals surface area (Å²) in [5.74, 6) is -0.161. The van der Waals surface area contributed by atoms with Gasteiger partial charge in [-0.05, 0) is 37.9 Å². The van der Waals surface area contributed by atoms with Crippen molar-refractivity contribution >= 4 is 11.9 Å². The van der Waals surface area contributed by atoms with Gasteiger partial charge in [-0.3, -0.25) is 19.9 Å². The second-order valence-corrected chi connectivity index (χ2v) is 6.55. The molecular weight excluding hydrogens is 290 g/mol. The molecule has 124 valence electrons. The Morgan fingerprint density at radius 3 is 2.43 bits per heavy atom. The van der Waals surface area contributed by atoms with E-state index in [2.05, 4.69) is 10.2 Å². The van der Waals surface area contributed by atoms with Crippen molar-refractivity contribution in [1.29, 1.82) is 0 Å². The zero-order chi connectivity index (χ0) is 16.3. The maximum Gasteiger partial charge on any atom is 0.326 e. The van der Waals surface area contributed by atoms with Crippen molar-refractivity contribution in [2.75, 3.05) is 19.8 Å². The number of hydrogen-bond acceptors (Lipinski definition) is 3. The molecule has 1 atom stereocenters. The van der Waals surface area contributed by atoms with E-state index >= 15 is 0 Å². The van der Waals surface area contributed by atoms with Gasteiger partial charge in [-0.2, -0.15) is 0 Å². The fraction of sp³-hybridized carbons (Fsp3) is 0.556. The monoisotopic (exact) mass is 315 g/mol. The Balaban J connectivity index is 1.84. The third-order valence-electron chi connectivity index (χ3n) is 5.12. The van der Waals surface area contributed by atoms with Gasteiger partial charge in [0.15, 0.2) is 0 Å². The maximum absolute atomic E-state index is 12.6. The van der Waals surface area contributed by atoms with Crippen molar-refractivity contribution in [1.82, 2.24) is 15.1 Å². The highest BCUT2D eigenvalue weighted by atomic mass is 16.2. The molecule has 2 saturated heterocycles. The number of rotatable bonds is 5. The first kappa shape index (κ1) is 16.0. The highest BCUT2D eigenvalue weighted by Gasteiger charge is 2.51. The van der Waals surface area contributed by atoms with Crippen LogP contribution in [0.25, 0.3) is 0 Å². The van der Waals surface area contributed by atoms with Crippen molar-refractivity contribution in [3.8, 4) is 0 Å². The van der Waals surface area contributed by atoms with Crippen LogP contribution in [-0.4, -0.2) is 47.0 Å². The van der Waals surface area contributed by atoms with Crippen LogP contribution in [0.15, 0.2) is 30.3 Å². The first-order valence-electron chi connectivity index (χ1n) is 8.55. The number of piperidine rings is 1. The summed E-state index contributed by atoms with van der Waals surface area (Å²) in [6, 6.07) is 9.70. The Hall–Kier alpha value is -1.88. The summed E-state index contributed by atoms with van der Waals surface area (Å²) in [6.45, 7) is 4.54. The zero-order valence-electron chi connectivity index (χ0n) is 13.8. The van der Waals surface area contributed by atoms with Gasteiger partial charge in [-0.15, -0.1) is 0 Å². The van der Waals surface area contributed by atoms with E-state index in [0.29, 0.717) is 19.5 Å². The van der Waals surface area contributed by atoms with E-state index in [1.165, 1.54) is 19.3 Å². The topological polar surface area (TPSA) is 52.7 Å². The minimum Gasteiger partial charge on any atom is -0.296 e. The van der Waals surface area contributed by atoms with Crippen LogP contribution >= 0.6 is 0 Å². The van der Waals surface area contributed by atoms with Gasteiger partial charge in [0.2, 0.25) is 0 Å². The van der Waals surface area contributed by atoms with Crippen molar-refractivity contribution in [2.45, 2.75) is 44.6 Å². The molecule has 5 nitrogen and oxygen atoms in total. The van der Waals surface area contributed by atoms with Crippen LogP contribution in [0.4, 0.5) is 4.79 Å². The molecule has 1 aromatic rings. The van der Waals surface area contributed by atoms with E-state index in [4.69, 9.17) is 0 Å². The Bertz CT molecular complexity index is 569. The van der Waals surface area contributed by atoms with Crippen molar-refractivity contribution < 1.29 is 9.59 Å². The fourth-order valence-electron chi connectivity index (χ4n) is 3.68. The Morgan fingerprint density at radius 1 is 1.09 bits per heavy atom. The van der Waals surface area contributed by atoms with E-state index in [1.807, 2.05) is 37.3 Å². The SMILES string of the molecule is CCC1(Cc2ccccc2)C(=O)NC(=O)N1CN1CCCCC1. The van der Waals surface area contributed by atoms with Crippen LogP contribution in [0.1, 0.15) is 38.2 Å². The predicted octanol–water partition coefficient (Wildman–Crippen LogP) is 2.37. The molecule has 2 aliphatic heterocycles. The van der Waals surface area contributed by atoms with E-state index in [9.17, 15) is 9.59 Å². The first-order chi connectivity index (χ1) is 11.2. The van der Waals surface area contributed by atoms with Crippen LogP contribution in [0.3, 0.4) is 0 Å². The molecule has 0 bridgehead atoms. The normalized spacial score (nSPS) is 25.7.